The van der Waals surface area contributed by atoms with Crippen LogP contribution in [0.15, 0.2) is 28.7 Å². The van der Waals surface area contributed by atoms with Crippen LogP contribution in [0.25, 0.3) is 0 Å². The summed E-state index contributed by atoms with van der Waals surface area (Å²) in [6, 6.07) is 7.94. The van der Waals surface area contributed by atoms with E-state index in [4.69, 9.17) is 0 Å². The summed E-state index contributed by atoms with van der Waals surface area (Å²) < 4.78 is 0.867. The van der Waals surface area contributed by atoms with E-state index in [2.05, 4.69) is 21.2 Å². The van der Waals surface area contributed by atoms with Gasteiger partial charge < -0.3 is 5.32 Å². The zero-order valence-corrected chi connectivity index (χ0v) is 11.5. The molecule has 1 aromatic carbocycles. The fraction of sp³-hybridized carbons (Fsp3) is 0.500. The van der Waals surface area contributed by atoms with Gasteiger partial charge >= 0.3 is 0 Å². The molecule has 0 aromatic heterocycles. The average Bonchev–Trinajstić information content (AvgIpc) is 2.58. The van der Waals surface area contributed by atoms with Crippen molar-refractivity contribution < 1.29 is 4.79 Å². The van der Waals surface area contributed by atoms with Crippen LogP contribution in [0.4, 0.5) is 0 Å². The Balaban J connectivity index is 1.98. The molecule has 2 rings (SSSR count). The molecule has 1 aliphatic carbocycles. The molecular weight excluding hydrogens is 278 g/mol. The van der Waals surface area contributed by atoms with Crippen LogP contribution in [0.5, 0.6) is 0 Å². The number of hydrogen-bond donors (Lipinski definition) is 1. The van der Waals surface area contributed by atoms with Crippen LogP contribution >= 0.6 is 15.9 Å². The van der Waals surface area contributed by atoms with E-state index in [0.29, 0.717) is 6.04 Å². The number of rotatable bonds is 2. The predicted molar refractivity (Wildman–Crippen MR) is 73.1 cm³/mol. The molecule has 1 fully saturated rings. The molecule has 0 aliphatic heterocycles. The van der Waals surface area contributed by atoms with E-state index in [1.54, 1.807) is 0 Å². The molecule has 0 heterocycles. The van der Waals surface area contributed by atoms with Gasteiger partial charge in [-0.25, -0.2) is 0 Å². The average molecular weight is 296 g/mol. The van der Waals surface area contributed by atoms with Gasteiger partial charge in [-0.3, -0.25) is 4.79 Å². The van der Waals surface area contributed by atoms with Gasteiger partial charge in [0.15, 0.2) is 0 Å². The Bertz CT molecular complexity index is 384. The van der Waals surface area contributed by atoms with Gasteiger partial charge in [-0.1, -0.05) is 37.8 Å². The van der Waals surface area contributed by atoms with Crippen molar-refractivity contribution in [3.8, 4) is 0 Å². The van der Waals surface area contributed by atoms with E-state index in [0.717, 1.165) is 22.9 Å². The van der Waals surface area contributed by atoms with Crippen molar-refractivity contribution in [2.45, 2.75) is 44.6 Å². The van der Waals surface area contributed by atoms with Crippen molar-refractivity contribution in [3.05, 3.63) is 34.3 Å². The summed E-state index contributed by atoms with van der Waals surface area (Å²) in [6.07, 6.45) is 7.33. The van der Waals surface area contributed by atoms with Crippen molar-refractivity contribution in [3.63, 3.8) is 0 Å². The van der Waals surface area contributed by atoms with Gasteiger partial charge in [-0.05, 0) is 40.9 Å². The third-order valence-electron chi connectivity index (χ3n) is 3.31. The summed E-state index contributed by atoms with van der Waals surface area (Å²) >= 11 is 3.42. The SMILES string of the molecule is O=C(NC1CCCCCC1)c1ccccc1Br. The zero-order chi connectivity index (χ0) is 12.1. The van der Waals surface area contributed by atoms with Gasteiger partial charge in [-0.15, -0.1) is 0 Å². The van der Waals surface area contributed by atoms with Crippen LogP contribution in [0, 0.1) is 0 Å². The minimum atomic E-state index is 0.0457. The molecule has 1 saturated carbocycles. The predicted octanol–water partition coefficient (Wildman–Crippen LogP) is 3.90. The van der Waals surface area contributed by atoms with Gasteiger partial charge in [0.05, 0.1) is 5.56 Å². The third-order valence-corrected chi connectivity index (χ3v) is 4.00. The molecule has 0 unspecified atom stereocenters. The molecule has 0 atom stereocenters. The number of benzene rings is 1. The normalized spacial score (nSPS) is 17.5. The molecule has 2 nitrogen and oxygen atoms in total. The number of hydrogen-bond acceptors (Lipinski definition) is 1. The van der Waals surface area contributed by atoms with E-state index in [-0.39, 0.29) is 5.91 Å². The number of amides is 1. The summed E-state index contributed by atoms with van der Waals surface area (Å²) in [7, 11) is 0. The Kier molecular flexibility index (Phi) is 4.60. The van der Waals surface area contributed by atoms with E-state index >= 15 is 0 Å². The lowest BCUT2D eigenvalue weighted by Crippen LogP contribution is -2.34. The number of nitrogens with one attached hydrogen (secondary N) is 1. The summed E-state index contributed by atoms with van der Waals surface area (Å²) in [5.74, 6) is 0.0457. The summed E-state index contributed by atoms with van der Waals surface area (Å²) in [5, 5.41) is 3.15. The second-order valence-corrected chi connectivity index (χ2v) is 5.50. The van der Waals surface area contributed by atoms with Crippen LogP contribution in [0.1, 0.15) is 48.9 Å². The van der Waals surface area contributed by atoms with Crippen LogP contribution < -0.4 is 5.32 Å². The van der Waals surface area contributed by atoms with Crippen molar-refractivity contribution >= 4 is 21.8 Å². The Labute approximate surface area is 111 Å². The molecule has 1 N–H and O–H groups in total. The molecule has 1 aromatic rings. The monoisotopic (exact) mass is 295 g/mol. The minimum absolute atomic E-state index is 0.0457. The molecule has 0 radical (unpaired) electrons. The second-order valence-electron chi connectivity index (χ2n) is 4.64. The van der Waals surface area contributed by atoms with Crippen molar-refractivity contribution in [2.75, 3.05) is 0 Å². The first-order valence-electron chi connectivity index (χ1n) is 6.33. The Morgan fingerprint density at radius 3 is 2.41 bits per heavy atom. The molecule has 1 aliphatic rings. The van der Waals surface area contributed by atoms with Crippen molar-refractivity contribution in [2.24, 2.45) is 0 Å². The standard InChI is InChI=1S/C14H18BrNO/c15-13-10-6-5-9-12(13)14(17)16-11-7-3-1-2-4-8-11/h5-6,9-11H,1-4,7-8H2,(H,16,17). The highest BCUT2D eigenvalue weighted by atomic mass is 79.9. The zero-order valence-electron chi connectivity index (χ0n) is 9.92. The number of carbonyl (C=O) groups is 1. The van der Waals surface area contributed by atoms with E-state index in [9.17, 15) is 4.79 Å². The molecule has 1 amide bonds. The third kappa shape index (κ3) is 3.56. The van der Waals surface area contributed by atoms with E-state index in [1.165, 1.54) is 25.7 Å². The van der Waals surface area contributed by atoms with Gasteiger partial charge in [0.2, 0.25) is 0 Å². The molecule has 17 heavy (non-hydrogen) atoms. The number of carbonyl (C=O) groups excluding carboxylic acids is 1. The quantitative estimate of drug-likeness (QED) is 0.824. The minimum Gasteiger partial charge on any atom is -0.349 e. The lowest BCUT2D eigenvalue weighted by atomic mass is 10.1. The topological polar surface area (TPSA) is 29.1 Å². The van der Waals surface area contributed by atoms with Crippen molar-refractivity contribution in [1.82, 2.24) is 5.32 Å². The fourth-order valence-electron chi connectivity index (χ4n) is 2.33. The molecule has 0 bridgehead atoms. The smallest absolute Gasteiger partial charge is 0.252 e. The largest absolute Gasteiger partial charge is 0.349 e. The first-order chi connectivity index (χ1) is 8.27. The Morgan fingerprint density at radius 1 is 1.12 bits per heavy atom. The highest BCUT2D eigenvalue weighted by molar-refractivity contribution is 9.10. The van der Waals surface area contributed by atoms with Crippen molar-refractivity contribution in [1.29, 1.82) is 0 Å². The lowest BCUT2D eigenvalue weighted by molar-refractivity contribution is 0.0932. The van der Waals surface area contributed by atoms with E-state index in [1.807, 2.05) is 24.3 Å². The van der Waals surface area contributed by atoms with E-state index < -0.39 is 0 Å². The molecule has 0 spiro atoms. The Morgan fingerprint density at radius 2 is 1.76 bits per heavy atom. The van der Waals surface area contributed by atoms with Gasteiger partial charge in [0.1, 0.15) is 0 Å². The summed E-state index contributed by atoms with van der Waals surface area (Å²) in [5.41, 5.74) is 0.733. The first-order valence-corrected chi connectivity index (χ1v) is 7.12. The second kappa shape index (κ2) is 6.20. The highest BCUT2D eigenvalue weighted by Crippen LogP contribution is 2.19. The highest BCUT2D eigenvalue weighted by Gasteiger charge is 2.16. The maximum atomic E-state index is 12.1. The number of halogens is 1. The van der Waals surface area contributed by atoms with Crippen LogP contribution in [0.3, 0.4) is 0 Å². The van der Waals surface area contributed by atoms with Gasteiger partial charge in [0, 0.05) is 10.5 Å². The molecular formula is C14H18BrNO. The van der Waals surface area contributed by atoms with Crippen LogP contribution in [-0.2, 0) is 0 Å². The lowest BCUT2D eigenvalue weighted by Gasteiger charge is -2.16. The van der Waals surface area contributed by atoms with Gasteiger partial charge in [0.25, 0.3) is 5.91 Å². The summed E-state index contributed by atoms with van der Waals surface area (Å²) in [6.45, 7) is 0. The van der Waals surface area contributed by atoms with Crippen LogP contribution in [-0.4, -0.2) is 11.9 Å². The fourth-order valence-corrected chi connectivity index (χ4v) is 2.80. The first kappa shape index (κ1) is 12.6. The summed E-state index contributed by atoms with van der Waals surface area (Å²) in [4.78, 5) is 12.1. The van der Waals surface area contributed by atoms with Crippen LogP contribution in [0.2, 0.25) is 0 Å². The maximum absolute atomic E-state index is 12.1. The molecule has 3 heteroatoms. The maximum Gasteiger partial charge on any atom is 0.252 e. The Hall–Kier alpha value is -0.830. The molecule has 0 saturated heterocycles. The van der Waals surface area contributed by atoms with Gasteiger partial charge in [-0.2, -0.15) is 0 Å². The molecule has 92 valence electrons.